The average Bonchev–Trinajstić information content (AvgIpc) is 2.64. The van der Waals surface area contributed by atoms with Gasteiger partial charge in [0.05, 0.1) is 18.7 Å². The second-order valence-corrected chi connectivity index (χ2v) is 8.05. The number of morpholine rings is 1. The van der Waals surface area contributed by atoms with E-state index in [1.54, 1.807) is 0 Å². The summed E-state index contributed by atoms with van der Waals surface area (Å²) in [5, 5.41) is 4.92. The van der Waals surface area contributed by atoms with Crippen LogP contribution < -0.4 is 5.32 Å². The normalized spacial score (nSPS) is 25.2. The number of aromatic nitrogens is 2. The Hall–Kier alpha value is -0.950. The van der Waals surface area contributed by atoms with Crippen molar-refractivity contribution in [3.63, 3.8) is 0 Å². The summed E-state index contributed by atoms with van der Waals surface area (Å²) in [6, 6.07) is 7.12. The van der Waals surface area contributed by atoms with Crippen LogP contribution in [0.3, 0.4) is 0 Å². The zero-order chi connectivity index (χ0) is 17.2. The van der Waals surface area contributed by atoms with Crippen LogP contribution in [-0.4, -0.2) is 53.3 Å². The second-order valence-electron chi connectivity index (χ2n) is 6.80. The molecule has 0 amide bonds. The molecule has 0 unspecified atom stereocenters. The van der Waals surface area contributed by atoms with Gasteiger partial charge in [0, 0.05) is 35.0 Å². The molecule has 2 fully saturated rings. The lowest BCUT2D eigenvalue weighted by Crippen LogP contribution is -2.46. The molecule has 0 radical (unpaired) electrons. The monoisotopic (exact) mass is 424 g/mol. The maximum atomic E-state index is 6.11. The zero-order valence-corrected chi connectivity index (χ0v) is 16.4. The molecule has 0 spiro atoms. The minimum atomic E-state index is 0.291. The van der Waals surface area contributed by atoms with Crippen LogP contribution in [0.15, 0.2) is 22.7 Å². The Morgan fingerprint density at radius 1 is 1.12 bits per heavy atom. The Labute approximate surface area is 161 Å². The Morgan fingerprint density at radius 3 is 2.64 bits per heavy atom. The van der Waals surface area contributed by atoms with Crippen molar-refractivity contribution in [1.29, 1.82) is 0 Å². The maximum absolute atomic E-state index is 6.11. The number of nitrogens with one attached hydrogen (secondary N) is 1. The molecule has 1 aliphatic carbocycles. The number of halogens is 2. The molecule has 0 bridgehead atoms. The summed E-state index contributed by atoms with van der Waals surface area (Å²) in [6.07, 6.45) is 4.74. The van der Waals surface area contributed by atoms with Crippen molar-refractivity contribution in [2.75, 3.05) is 31.6 Å². The van der Waals surface area contributed by atoms with Gasteiger partial charge in [-0.15, -0.1) is 0 Å². The van der Waals surface area contributed by atoms with Gasteiger partial charge in [0.25, 0.3) is 0 Å². The van der Waals surface area contributed by atoms with Crippen LogP contribution in [0.25, 0.3) is 10.9 Å². The predicted molar refractivity (Wildman–Crippen MR) is 104 cm³/mol. The highest BCUT2D eigenvalue weighted by Crippen LogP contribution is 2.30. The molecule has 1 N–H and O–H groups in total. The third kappa shape index (κ3) is 4.08. The summed E-state index contributed by atoms with van der Waals surface area (Å²) in [6.45, 7) is 3.89. The summed E-state index contributed by atoms with van der Waals surface area (Å²) in [5.74, 6) is 0.839. The average molecular weight is 426 g/mol. The molecule has 2 aliphatic rings. The van der Waals surface area contributed by atoms with Crippen molar-refractivity contribution in [3.8, 4) is 0 Å². The molecule has 2 heterocycles. The van der Waals surface area contributed by atoms with Gasteiger partial charge >= 0.3 is 0 Å². The SMILES string of the molecule is Clc1nc(NC2CCC(N3CCOCC3)CC2)c2cc(Br)ccc2n1. The van der Waals surface area contributed by atoms with Crippen molar-refractivity contribution in [3.05, 3.63) is 28.0 Å². The fraction of sp³-hybridized carbons (Fsp3) is 0.556. The summed E-state index contributed by atoms with van der Waals surface area (Å²) in [5.41, 5.74) is 0.868. The highest BCUT2D eigenvalue weighted by molar-refractivity contribution is 9.10. The van der Waals surface area contributed by atoms with E-state index in [-0.39, 0.29) is 0 Å². The van der Waals surface area contributed by atoms with Crippen molar-refractivity contribution >= 4 is 44.3 Å². The molecule has 1 aliphatic heterocycles. The van der Waals surface area contributed by atoms with E-state index in [1.807, 2.05) is 18.2 Å². The van der Waals surface area contributed by atoms with Crippen LogP contribution in [0.5, 0.6) is 0 Å². The van der Waals surface area contributed by atoms with Crippen LogP contribution in [0.2, 0.25) is 5.28 Å². The Balaban J connectivity index is 1.45. The molecule has 1 aromatic heterocycles. The first-order valence-corrected chi connectivity index (χ1v) is 10.1. The molecular formula is C18H22BrClN4O. The Bertz CT molecular complexity index is 745. The van der Waals surface area contributed by atoms with Crippen LogP contribution in [-0.2, 0) is 4.74 Å². The number of rotatable bonds is 3. The molecule has 2 aromatic rings. The van der Waals surface area contributed by atoms with Gasteiger partial charge in [-0.2, -0.15) is 0 Å². The lowest BCUT2D eigenvalue weighted by atomic mass is 9.90. The first-order valence-electron chi connectivity index (χ1n) is 8.90. The number of benzene rings is 1. The number of anilines is 1. The number of hydrogen-bond acceptors (Lipinski definition) is 5. The quantitative estimate of drug-likeness (QED) is 0.750. The number of ether oxygens (including phenoxy) is 1. The fourth-order valence-electron chi connectivity index (χ4n) is 3.90. The van der Waals surface area contributed by atoms with Crippen LogP contribution in [0.4, 0.5) is 5.82 Å². The van der Waals surface area contributed by atoms with Gasteiger partial charge in [-0.25, -0.2) is 9.97 Å². The molecule has 134 valence electrons. The third-order valence-electron chi connectivity index (χ3n) is 5.23. The van der Waals surface area contributed by atoms with E-state index in [9.17, 15) is 0 Å². The fourth-order valence-corrected chi connectivity index (χ4v) is 4.44. The Kier molecular flexibility index (Phi) is 5.41. The largest absolute Gasteiger partial charge is 0.379 e. The molecule has 1 aromatic carbocycles. The van der Waals surface area contributed by atoms with Crippen LogP contribution >= 0.6 is 27.5 Å². The smallest absolute Gasteiger partial charge is 0.224 e. The zero-order valence-electron chi connectivity index (χ0n) is 14.0. The van der Waals surface area contributed by atoms with Crippen molar-refractivity contribution in [1.82, 2.24) is 14.9 Å². The first-order chi connectivity index (χ1) is 12.2. The summed E-state index contributed by atoms with van der Waals surface area (Å²) in [7, 11) is 0. The molecule has 4 rings (SSSR count). The molecule has 1 saturated carbocycles. The molecular weight excluding hydrogens is 404 g/mol. The molecule has 7 heteroatoms. The van der Waals surface area contributed by atoms with Gasteiger partial charge in [-0.1, -0.05) is 15.9 Å². The second kappa shape index (κ2) is 7.74. The van der Waals surface area contributed by atoms with Gasteiger partial charge in [-0.05, 0) is 55.5 Å². The highest BCUT2D eigenvalue weighted by atomic mass is 79.9. The molecule has 25 heavy (non-hydrogen) atoms. The van der Waals surface area contributed by atoms with Gasteiger partial charge in [0.15, 0.2) is 0 Å². The van der Waals surface area contributed by atoms with Crippen LogP contribution in [0.1, 0.15) is 25.7 Å². The minimum absolute atomic E-state index is 0.291. The molecule has 0 atom stereocenters. The van der Waals surface area contributed by atoms with Gasteiger partial charge in [0.2, 0.25) is 5.28 Å². The van der Waals surface area contributed by atoms with E-state index in [1.165, 1.54) is 12.8 Å². The molecule has 1 saturated heterocycles. The predicted octanol–water partition coefficient (Wildman–Crippen LogP) is 4.10. The topological polar surface area (TPSA) is 50.3 Å². The van der Waals surface area contributed by atoms with Crippen molar-refractivity contribution in [2.24, 2.45) is 0 Å². The van der Waals surface area contributed by atoms with Gasteiger partial charge in [-0.3, -0.25) is 4.90 Å². The number of fused-ring (bicyclic) bond motifs is 1. The van der Waals surface area contributed by atoms with Crippen molar-refractivity contribution in [2.45, 2.75) is 37.8 Å². The van der Waals surface area contributed by atoms with Crippen molar-refractivity contribution < 1.29 is 4.74 Å². The van der Waals surface area contributed by atoms with E-state index >= 15 is 0 Å². The standard InChI is InChI=1S/C18H22BrClN4O/c19-12-1-6-16-15(11-12)17(23-18(20)22-16)21-13-2-4-14(5-3-13)24-7-9-25-10-8-24/h1,6,11,13-14H,2-5,7-10H2,(H,21,22,23). The highest BCUT2D eigenvalue weighted by Gasteiger charge is 2.27. The van der Waals surface area contributed by atoms with Crippen LogP contribution in [0, 0.1) is 0 Å². The van der Waals surface area contributed by atoms with Gasteiger partial charge in [0.1, 0.15) is 5.82 Å². The minimum Gasteiger partial charge on any atom is -0.379 e. The van der Waals surface area contributed by atoms with E-state index in [0.29, 0.717) is 17.4 Å². The van der Waals surface area contributed by atoms with E-state index in [2.05, 4.69) is 36.1 Å². The summed E-state index contributed by atoms with van der Waals surface area (Å²) >= 11 is 9.64. The van der Waals surface area contributed by atoms with E-state index in [4.69, 9.17) is 16.3 Å². The number of nitrogens with zero attached hydrogens (tertiary/aromatic N) is 3. The van der Waals surface area contributed by atoms with E-state index in [0.717, 1.165) is 60.3 Å². The summed E-state index contributed by atoms with van der Waals surface area (Å²) in [4.78, 5) is 11.4. The maximum Gasteiger partial charge on any atom is 0.224 e. The van der Waals surface area contributed by atoms with E-state index < -0.39 is 0 Å². The lowest BCUT2D eigenvalue weighted by Gasteiger charge is -2.39. The lowest BCUT2D eigenvalue weighted by molar-refractivity contribution is 0.00791. The first kappa shape index (κ1) is 17.5. The van der Waals surface area contributed by atoms with Gasteiger partial charge < -0.3 is 10.1 Å². The number of hydrogen-bond donors (Lipinski definition) is 1. The summed E-state index contributed by atoms with van der Waals surface area (Å²) < 4.78 is 6.49. The Morgan fingerprint density at radius 2 is 1.88 bits per heavy atom. The molecule has 5 nitrogen and oxygen atoms in total. The third-order valence-corrected chi connectivity index (χ3v) is 5.89.